The predicted molar refractivity (Wildman–Crippen MR) is 113 cm³/mol. The summed E-state index contributed by atoms with van der Waals surface area (Å²) in [6.45, 7) is 0. The highest BCUT2D eigenvalue weighted by molar-refractivity contribution is 6.43. The van der Waals surface area contributed by atoms with Crippen molar-refractivity contribution >= 4 is 46.1 Å². The molecule has 4 rings (SSSR count). The molecule has 0 atom stereocenters. The summed E-state index contributed by atoms with van der Waals surface area (Å²) >= 11 is 12.0. The lowest BCUT2D eigenvalue weighted by atomic mass is 10.1. The molecule has 0 aliphatic carbocycles. The number of benzene rings is 3. The number of nitrogens with zero attached hydrogens (tertiary/aromatic N) is 2. The van der Waals surface area contributed by atoms with Gasteiger partial charge in [0.25, 0.3) is 5.91 Å². The van der Waals surface area contributed by atoms with E-state index in [2.05, 4.69) is 20.7 Å². The van der Waals surface area contributed by atoms with Crippen molar-refractivity contribution in [1.29, 1.82) is 0 Å². The van der Waals surface area contributed by atoms with Crippen molar-refractivity contribution in [1.82, 2.24) is 15.6 Å². The molecule has 1 aromatic heterocycles. The molecule has 5 nitrogen and oxygen atoms in total. The van der Waals surface area contributed by atoms with Gasteiger partial charge >= 0.3 is 0 Å². The maximum Gasteiger partial charge on any atom is 0.289 e. The Kier molecular flexibility index (Phi) is 5.10. The smallest absolute Gasteiger partial charge is 0.272 e. The number of fused-ring (bicyclic) bond motifs is 1. The Morgan fingerprint density at radius 2 is 1.82 bits per heavy atom. The van der Waals surface area contributed by atoms with Crippen LogP contribution >= 0.6 is 23.2 Å². The molecule has 0 bridgehead atoms. The first-order chi connectivity index (χ1) is 13.6. The molecule has 3 aromatic carbocycles. The zero-order chi connectivity index (χ0) is 19.5. The minimum absolute atomic E-state index is 0.303. The molecule has 0 aliphatic heterocycles. The van der Waals surface area contributed by atoms with Gasteiger partial charge in [-0.05, 0) is 29.0 Å². The first kappa shape index (κ1) is 18.2. The third-order valence-corrected chi connectivity index (χ3v) is 5.05. The highest BCUT2D eigenvalue weighted by Crippen LogP contribution is 2.25. The Labute approximate surface area is 171 Å². The standard InChI is InChI=1S/C21H14Cl2N4O/c22-17-7-3-6-16(20(17)23)12-24-27-21(28)19-11-18(25-26-19)15-9-8-13-4-1-2-5-14(13)10-15/h1-12H,(H,25,26)(H,27,28). The molecule has 7 heteroatoms. The van der Waals surface area contributed by atoms with E-state index in [-0.39, 0.29) is 0 Å². The summed E-state index contributed by atoms with van der Waals surface area (Å²) in [6, 6.07) is 21.0. The number of aromatic nitrogens is 2. The number of H-pyrrole nitrogens is 1. The molecule has 4 aromatic rings. The Morgan fingerprint density at radius 1 is 1.00 bits per heavy atom. The van der Waals surface area contributed by atoms with Crippen molar-refractivity contribution < 1.29 is 4.79 Å². The molecular weight excluding hydrogens is 395 g/mol. The minimum atomic E-state index is -0.408. The van der Waals surface area contributed by atoms with Crippen LogP contribution in [0.4, 0.5) is 0 Å². The Balaban J connectivity index is 1.49. The quantitative estimate of drug-likeness (QED) is 0.355. The molecule has 0 aliphatic rings. The predicted octanol–water partition coefficient (Wildman–Crippen LogP) is 5.30. The molecule has 1 amide bonds. The first-order valence-corrected chi connectivity index (χ1v) is 9.19. The minimum Gasteiger partial charge on any atom is -0.272 e. The fourth-order valence-electron chi connectivity index (χ4n) is 2.78. The Hall–Kier alpha value is -3.15. The number of carbonyl (C=O) groups is 1. The second-order valence-electron chi connectivity index (χ2n) is 6.07. The van der Waals surface area contributed by atoms with Crippen LogP contribution in [0, 0.1) is 0 Å². The molecule has 138 valence electrons. The van der Waals surface area contributed by atoms with Crippen LogP contribution in [0.5, 0.6) is 0 Å². The molecule has 0 unspecified atom stereocenters. The maximum absolute atomic E-state index is 12.3. The van der Waals surface area contributed by atoms with Gasteiger partial charge < -0.3 is 0 Å². The summed E-state index contributed by atoms with van der Waals surface area (Å²) in [7, 11) is 0. The molecule has 28 heavy (non-hydrogen) atoms. The van der Waals surface area contributed by atoms with E-state index in [9.17, 15) is 4.79 Å². The van der Waals surface area contributed by atoms with Gasteiger partial charge in [0.15, 0.2) is 0 Å². The fraction of sp³-hybridized carbons (Fsp3) is 0. The average molecular weight is 409 g/mol. The molecular formula is C21H14Cl2N4O. The van der Waals surface area contributed by atoms with Crippen LogP contribution in [-0.2, 0) is 0 Å². The van der Waals surface area contributed by atoms with E-state index in [1.165, 1.54) is 6.21 Å². The number of hydrogen-bond acceptors (Lipinski definition) is 3. The van der Waals surface area contributed by atoms with Crippen molar-refractivity contribution in [3.05, 3.63) is 88.0 Å². The summed E-state index contributed by atoms with van der Waals surface area (Å²) in [6.07, 6.45) is 1.44. The maximum atomic E-state index is 12.3. The Morgan fingerprint density at radius 3 is 2.68 bits per heavy atom. The highest BCUT2D eigenvalue weighted by atomic mass is 35.5. The zero-order valence-electron chi connectivity index (χ0n) is 14.5. The molecule has 1 heterocycles. The van der Waals surface area contributed by atoms with Crippen LogP contribution in [0.3, 0.4) is 0 Å². The molecule has 0 saturated heterocycles. The van der Waals surface area contributed by atoms with Gasteiger partial charge in [-0.3, -0.25) is 9.89 Å². The lowest BCUT2D eigenvalue weighted by molar-refractivity contribution is 0.0950. The van der Waals surface area contributed by atoms with E-state index < -0.39 is 5.91 Å². The summed E-state index contributed by atoms with van der Waals surface area (Å²) in [4.78, 5) is 12.3. The van der Waals surface area contributed by atoms with Crippen LogP contribution in [0.2, 0.25) is 10.0 Å². The summed E-state index contributed by atoms with van der Waals surface area (Å²) in [5.74, 6) is -0.408. The number of rotatable bonds is 4. The van der Waals surface area contributed by atoms with Crippen molar-refractivity contribution in [2.24, 2.45) is 5.10 Å². The molecule has 2 N–H and O–H groups in total. The number of aromatic amines is 1. The second-order valence-corrected chi connectivity index (χ2v) is 6.86. The van der Waals surface area contributed by atoms with Crippen LogP contribution in [0.1, 0.15) is 16.1 Å². The highest BCUT2D eigenvalue weighted by Gasteiger charge is 2.11. The van der Waals surface area contributed by atoms with Crippen molar-refractivity contribution in [2.45, 2.75) is 0 Å². The van der Waals surface area contributed by atoms with Gasteiger partial charge in [0, 0.05) is 11.1 Å². The Bertz CT molecular complexity index is 1200. The number of hydrazone groups is 1. The monoisotopic (exact) mass is 408 g/mol. The van der Waals surface area contributed by atoms with E-state index in [4.69, 9.17) is 23.2 Å². The van der Waals surface area contributed by atoms with Gasteiger partial charge in [0.05, 0.1) is 22.0 Å². The number of hydrogen-bond donors (Lipinski definition) is 2. The van der Waals surface area contributed by atoms with Gasteiger partial charge in [-0.1, -0.05) is 71.7 Å². The third-order valence-electron chi connectivity index (χ3n) is 4.22. The van der Waals surface area contributed by atoms with Crippen molar-refractivity contribution in [3.8, 4) is 11.3 Å². The van der Waals surface area contributed by atoms with Crippen molar-refractivity contribution in [2.75, 3.05) is 0 Å². The van der Waals surface area contributed by atoms with Gasteiger partial charge in [-0.25, -0.2) is 5.43 Å². The lowest BCUT2D eigenvalue weighted by Gasteiger charge is -2.00. The SMILES string of the molecule is O=C(NN=Cc1cccc(Cl)c1Cl)c1cc(-c2ccc3ccccc3c2)n[nH]1. The zero-order valence-corrected chi connectivity index (χ0v) is 16.0. The first-order valence-electron chi connectivity index (χ1n) is 8.44. The van der Waals surface area contributed by atoms with Crippen LogP contribution < -0.4 is 5.43 Å². The summed E-state index contributed by atoms with van der Waals surface area (Å²) in [5, 5.41) is 13.9. The van der Waals surface area contributed by atoms with Gasteiger partial charge in [-0.2, -0.15) is 10.2 Å². The van der Waals surface area contributed by atoms with Crippen LogP contribution in [0.25, 0.3) is 22.0 Å². The number of halogens is 2. The molecule has 0 saturated carbocycles. The van der Waals surface area contributed by atoms with E-state index in [0.717, 1.165) is 16.3 Å². The summed E-state index contributed by atoms with van der Waals surface area (Å²) < 4.78 is 0. The topological polar surface area (TPSA) is 70.1 Å². The second kappa shape index (κ2) is 7.84. The van der Waals surface area contributed by atoms with Gasteiger partial charge in [0.1, 0.15) is 5.69 Å². The molecule has 0 spiro atoms. The van der Waals surface area contributed by atoms with Crippen LogP contribution in [0.15, 0.2) is 71.8 Å². The van der Waals surface area contributed by atoms with Gasteiger partial charge in [-0.15, -0.1) is 0 Å². The van der Waals surface area contributed by atoms with E-state index in [1.54, 1.807) is 24.3 Å². The van der Waals surface area contributed by atoms with E-state index in [0.29, 0.717) is 27.0 Å². The fourth-order valence-corrected chi connectivity index (χ4v) is 3.13. The largest absolute Gasteiger partial charge is 0.289 e. The number of carbonyl (C=O) groups excluding carboxylic acids is 1. The van der Waals surface area contributed by atoms with Gasteiger partial charge in [0.2, 0.25) is 0 Å². The van der Waals surface area contributed by atoms with Crippen molar-refractivity contribution in [3.63, 3.8) is 0 Å². The van der Waals surface area contributed by atoms with Crippen LogP contribution in [-0.4, -0.2) is 22.3 Å². The number of amides is 1. The van der Waals surface area contributed by atoms with E-state index >= 15 is 0 Å². The summed E-state index contributed by atoms with van der Waals surface area (Å²) in [5.41, 5.74) is 4.95. The average Bonchev–Trinajstić information content (AvgIpc) is 3.21. The normalized spacial score (nSPS) is 11.2. The molecule has 0 fully saturated rings. The molecule has 0 radical (unpaired) electrons. The number of nitrogens with one attached hydrogen (secondary N) is 2. The lowest BCUT2D eigenvalue weighted by Crippen LogP contribution is -2.18. The van der Waals surface area contributed by atoms with E-state index in [1.807, 2.05) is 42.5 Å². The third kappa shape index (κ3) is 3.76.